The molecule has 0 radical (unpaired) electrons. The van der Waals surface area contributed by atoms with Crippen LogP contribution in [0, 0.1) is 5.41 Å². The van der Waals surface area contributed by atoms with Gasteiger partial charge in [0, 0.05) is 20.1 Å². The topological polar surface area (TPSA) is 32.3 Å². The molecule has 0 aromatic heterocycles. The maximum Gasteiger partial charge on any atom is 0.229 e. The van der Waals surface area contributed by atoms with Crippen molar-refractivity contribution in [2.24, 2.45) is 5.41 Å². The van der Waals surface area contributed by atoms with Crippen molar-refractivity contribution >= 4 is 16.7 Å². The number of amides is 1. The van der Waals surface area contributed by atoms with Crippen molar-refractivity contribution in [3.63, 3.8) is 0 Å². The molecule has 0 aliphatic carbocycles. The first-order valence-corrected chi connectivity index (χ1v) is 7.52. The average Bonchev–Trinajstić information content (AvgIpc) is 2.94. The molecular weight excluding hydrogens is 260 g/mol. The maximum atomic E-state index is 12.6. The summed E-state index contributed by atoms with van der Waals surface area (Å²) in [6.45, 7) is 4.45. The van der Waals surface area contributed by atoms with Gasteiger partial charge in [0.05, 0.1) is 5.41 Å². The second kappa shape index (κ2) is 5.49. The first-order valence-electron chi connectivity index (χ1n) is 7.52. The van der Waals surface area contributed by atoms with E-state index >= 15 is 0 Å². The molecule has 2 aromatic carbocycles. The lowest BCUT2D eigenvalue weighted by atomic mass is 9.88. The summed E-state index contributed by atoms with van der Waals surface area (Å²) in [5.74, 6) is 0.237. The van der Waals surface area contributed by atoms with Crippen LogP contribution in [0.3, 0.4) is 0 Å². The summed E-state index contributed by atoms with van der Waals surface area (Å²) in [7, 11) is 1.90. The molecule has 0 spiro atoms. The van der Waals surface area contributed by atoms with E-state index in [1.807, 2.05) is 24.1 Å². The molecule has 1 saturated heterocycles. The predicted octanol–water partition coefficient (Wildman–Crippen LogP) is 2.80. The fourth-order valence-corrected chi connectivity index (χ4v) is 3.14. The minimum absolute atomic E-state index is 0.237. The summed E-state index contributed by atoms with van der Waals surface area (Å²) in [5, 5.41) is 5.75. The van der Waals surface area contributed by atoms with Gasteiger partial charge < -0.3 is 10.2 Å². The van der Waals surface area contributed by atoms with E-state index in [2.05, 4.69) is 42.6 Å². The van der Waals surface area contributed by atoms with Crippen molar-refractivity contribution in [3.05, 3.63) is 48.0 Å². The lowest BCUT2D eigenvalue weighted by Gasteiger charge is -2.28. The van der Waals surface area contributed by atoms with E-state index in [4.69, 9.17) is 0 Å². The van der Waals surface area contributed by atoms with E-state index in [1.165, 1.54) is 16.3 Å². The summed E-state index contributed by atoms with van der Waals surface area (Å²) in [6.07, 6.45) is 0.924. The van der Waals surface area contributed by atoms with Crippen molar-refractivity contribution in [2.45, 2.75) is 19.9 Å². The molecule has 1 atom stereocenters. The van der Waals surface area contributed by atoms with Gasteiger partial charge in [0.25, 0.3) is 0 Å². The first-order chi connectivity index (χ1) is 10.1. The summed E-state index contributed by atoms with van der Waals surface area (Å²) in [5.41, 5.74) is 0.935. The van der Waals surface area contributed by atoms with Gasteiger partial charge in [0.15, 0.2) is 0 Å². The first kappa shape index (κ1) is 14.1. The smallest absolute Gasteiger partial charge is 0.229 e. The Kier molecular flexibility index (Phi) is 3.68. The van der Waals surface area contributed by atoms with Gasteiger partial charge in [0.1, 0.15) is 0 Å². The molecule has 1 aliphatic heterocycles. The highest BCUT2D eigenvalue weighted by Gasteiger charge is 2.38. The van der Waals surface area contributed by atoms with Crippen molar-refractivity contribution < 1.29 is 4.79 Å². The van der Waals surface area contributed by atoms with Crippen LogP contribution in [-0.2, 0) is 11.3 Å². The van der Waals surface area contributed by atoms with Crippen LogP contribution in [0.1, 0.15) is 18.9 Å². The molecule has 0 bridgehead atoms. The second-order valence-electron chi connectivity index (χ2n) is 6.33. The van der Waals surface area contributed by atoms with Gasteiger partial charge in [-0.15, -0.1) is 0 Å². The number of carbonyl (C=O) groups is 1. The molecular formula is C18H22N2O. The van der Waals surface area contributed by atoms with Crippen LogP contribution < -0.4 is 5.32 Å². The highest BCUT2D eigenvalue weighted by atomic mass is 16.2. The molecule has 3 heteroatoms. The number of hydrogen-bond acceptors (Lipinski definition) is 2. The number of fused-ring (bicyclic) bond motifs is 1. The second-order valence-corrected chi connectivity index (χ2v) is 6.33. The van der Waals surface area contributed by atoms with Crippen LogP contribution in [0.25, 0.3) is 10.8 Å². The number of benzene rings is 2. The van der Waals surface area contributed by atoms with E-state index in [-0.39, 0.29) is 11.3 Å². The summed E-state index contributed by atoms with van der Waals surface area (Å²) in [6, 6.07) is 14.7. The van der Waals surface area contributed by atoms with Crippen molar-refractivity contribution in [1.29, 1.82) is 0 Å². The van der Waals surface area contributed by atoms with Crippen molar-refractivity contribution in [2.75, 3.05) is 20.1 Å². The third-order valence-electron chi connectivity index (χ3n) is 4.47. The summed E-state index contributed by atoms with van der Waals surface area (Å²) < 4.78 is 0. The summed E-state index contributed by atoms with van der Waals surface area (Å²) >= 11 is 0. The van der Waals surface area contributed by atoms with E-state index in [9.17, 15) is 4.79 Å². The molecule has 110 valence electrons. The number of carbonyl (C=O) groups excluding carboxylic acids is 1. The van der Waals surface area contributed by atoms with Gasteiger partial charge >= 0.3 is 0 Å². The Morgan fingerprint density at radius 1 is 1.24 bits per heavy atom. The van der Waals surface area contributed by atoms with Gasteiger partial charge in [-0.2, -0.15) is 0 Å². The van der Waals surface area contributed by atoms with Crippen LogP contribution in [0.5, 0.6) is 0 Å². The zero-order chi connectivity index (χ0) is 14.9. The van der Waals surface area contributed by atoms with Gasteiger partial charge in [-0.1, -0.05) is 36.4 Å². The average molecular weight is 282 g/mol. The number of nitrogens with zero attached hydrogens (tertiary/aromatic N) is 1. The lowest BCUT2D eigenvalue weighted by Crippen LogP contribution is -2.41. The number of hydrogen-bond donors (Lipinski definition) is 1. The Morgan fingerprint density at radius 2 is 2.00 bits per heavy atom. The van der Waals surface area contributed by atoms with Crippen LogP contribution in [0.4, 0.5) is 0 Å². The molecule has 3 rings (SSSR count). The third kappa shape index (κ3) is 2.79. The fourth-order valence-electron chi connectivity index (χ4n) is 3.14. The largest absolute Gasteiger partial charge is 0.341 e. The molecule has 1 unspecified atom stereocenters. The van der Waals surface area contributed by atoms with Gasteiger partial charge in [0.2, 0.25) is 5.91 Å². The fraction of sp³-hybridized carbons (Fsp3) is 0.389. The molecule has 1 fully saturated rings. The Bertz CT molecular complexity index is 659. The maximum absolute atomic E-state index is 12.6. The zero-order valence-corrected chi connectivity index (χ0v) is 12.7. The molecule has 1 amide bonds. The molecule has 1 heterocycles. The molecule has 1 aliphatic rings. The molecule has 21 heavy (non-hydrogen) atoms. The van der Waals surface area contributed by atoms with Gasteiger partial charge in [-0.05, 0) is 42.3 Å². The monoisotopic (exact) mass is 282 g/mol. The Balaban J connectivity index is 1.76. The number of nitrogens with one attached hydrogen (secondary N) is 1. The molecule has 3 nitrogen and oxygen atoms in total. The standard InChI is InChI=1S/C18H22N2O/c1-18(9-10-19-13-18)17(21)20(2)12-14-7-8-15-5-3-4-6-16(15)11-14/h3-8,11,19H,9-10,12-13H2,1-2H3. The Labute approximate surface area is 125 Å². The Morgan fingerprint density at radius 3 is 2.71 bits per heavy atom. The van der Waals surface area contributed by atoms with Crippen LogP contribution in [-0.4, -0.2) is 30.9 Å². The normalized spacial score (nSPS) is 21.6. The van der Waals surface area contributed by atoms with E-state index in [1.54, 1.807) is 0 Å². The van der Waals surface area contributed by atoms with Gasteiger partial charge in [-0.25, -0.2) is 0 Å². The van der Waals surface area contributed by atoms with E-state index < -0.39 is 0 Å². The lowest BCUT2D eigenvalue weighted by molar-refractivity contribution is -0.139. The van der Waals surface area contributed by atoms with Crippen LogP contribution >= 0.6 is 0 Å². The summed E-state index contributed by atoms with van der Waals surface area (Å²) in [4.78, 5) is 14.5. The predicted molar refractivity (Wildman–Crippen MR) is 86.0 cm³/mol. The zero-order valence-electron chi connectivity index (χ0n) is 12.7. The quantitative estimate of drug-likeness (QED) is 0.939. The SMILES string of the molecule is CN(Cc1ccc2ccccc2c1)C(=O)C1(C)CCNC1. The van der Waals surface area contributed by atoms with Gasteiger partial charge in [-0.3, -0.25) is 4.79 Å². The number of rotatable bonds is 3. The van der Waals surface area contributed by atoms with Crippen molar-refractivity contribution in [1.82, 2.24) is 10.2 Å². The van der Waals surface area contributed by atoms with Crippen LogP contribution in [0.2, 0.25) is 0 Å². The minimum atomic E-state index is -0.244. The van der Waals surface area contributed by atoms with E-state index in [0.717, 1.165) is 19.5 Å². The highest BCUT2D eigenvalue weighted by Crippen LogP contribution is 2.27. The third-order valence-corrected chi connectivity index (χ3v) is 4.47. The molecule has 2 aromatic rings. The van der Waals surface area contributed by atoms with Crippen molar-refractivity contribution in [3.8, 4) is 0 Å². The van der Waals surface area contributed by atoms with Crippen LogP contribution in [0.15, 0.2) is 42.5 Å². The highest BCUT2D eigenvalue weighted by molar-refractivity contribution is 5.84. The molecule has 0 saturated carbocycles. The minimum Gasteiger partial charge on any atom is -0.341 e. The van der Waals surface area contributed by atoms with E-state index in [0.29, 0.717) is 6.54 Å². The Hall–Kier alpha value is -1.87. The molecule has 1 N–H and O–H groups in total.